The predicted octanol–water partition coefficient (Wildman–Crippen LogP) is 3.68. The van der Waals surface area contributed by atoms with E-state index in [-0.39, 0.29) is 11.8 Å². The summed E-state index contributed by atoms with van der Waals surface area (Å²) in [5, 5.41) is 11.2. The SMILES string of the molecule is CCNC(=O)c1cccc(CNC(=O)c2cc(C3CC3)nc3c2c(C)nn3-c2ccccn2)c1. The molecule has 1 aromatic carbocycles. The molecule has 2 amide bonds. The van der Waals surface area contributed by atoms with E-state index in [0.717, 1.165) is 35.2 Å². The molecule has 34 heavy (non-hydrogen) atoms. The second-order valence-corrected chi connectivity index (χ2v) is 8.50. The molecule has 1 aliphatic carbocycles. The second kappa shape index (κ2) is 9.05. The Balaban J connectivity index is 1.47. The van der Waals surface area contributed by atoms with Crippen molar-refractivity contribution in [3.8, 4) is 5.82 Å². The van der Waals surface area contributed by atoms with Crippen LogP contribution in [0.1, 0.15) is 63.4 Å². The van der Waals surface area contributed by atoms with Gasteiger partial charge in [0.25, 0.3) is 11.8 Å². The van der Waals surface area contributed by atoms with E-state index in [4.69, 9.17) is 4.98 Å². The normalized spacial score (nSPS) is 13.1. The van der Waals surface area contributed by atoms with Crippen molar-refractivity contribution >= 4 is 22.8 Å². The van der Waals surface area contributed by atoms with Gasteiger partial charge < -0.3 is 10.6 Å². The van der Waals surface area contributed by atoms with Crippen LogP contribution in [0.5, 0.6) is 0 Å². The van der Waals surface area contributed by atoms with Crippen molar-refractivity contribution in [1.82, 2.24) is 30.4 Å². The van der Waals surface area contributed by atoms with Crippen LogP contribution in [0.2, 0.25) is 0 Å². The quantitative estimate of drug-likeness (QED) is 0.444. The number of hydrogen-bond acceptors (Lipinski definition) is 5. The number of hydrogen-bond donors (Lipinski definition) is 2. The second-order valence-electron chi connectivity index (χ2n) is 8.50. The number of amides is 2. The highest BCUT2D eigenvalue weighted by molar-refractivity contribution is 6.06. The minimum Gasteiger partial charge on any atom is -0.352 e. The van der Waals surface area contributed by atoms with Crippen LogP contribution in [0.3, 0.4) is 0 Å². The van der Waals surface area contributed by atoms with E-state index in [0.29, 0.717) is 41.6 Å². The zero-order valence-corrected chi connectivity index (χ0v) is 19.2. The third-order valence-electron chi connectivity index (χ3n) is 5.92. The van der Waals surface area contributed by atoms with Crippen LogP contribution >= 0.6 is 0 Å². The first-order chi connectivity index (χ1) is 16.5. The van der Waals surface area contributed by atoms with E-state index in [1.54, 1.807) is 23.0 Å². The molecule has 8 nitrogen and oxygen atoms in total. The summed E-state index contributed by atoms with van der Waals surface area (Å²) in [5.41, 5.74) is 4.26. The molecule has 0 radical (unpaired) electrons. The van der Waals surface area contributed by atoms with Gasteiger partial charge in [0.2, 0.25) is 0 Å². The molecule has 0 saturated heterocycles. The highest BCUT2D eigenvalue weighted by Gasteiger charge is 2.29. The Bertz CT molecular complexity index is 1380. The molecular formula is C26H26N6O2. The molecule has 0 spiro atoms. The van der Waals surface area contributed by atoms with Crippen molar-refractivity contribution in [3.05, 3.63) is 82.8 Å². The number of carbonyl (C=O) groups is 2. The predicted molar refractivity (Wildman–Crippen MR) is 129 cm³/mol. The van der Waals surface area contributed by atoms with Crippen molar-refractivity contribution in [2.75, 3.05) is 6.54 Å². The Kier molecular flexibility index (Phi) is 5.79. The number of rotatable bonds is 7. The van der Waals surface area contributed by atoms with Gasteiger partial charge in [-0.05, 0) is 62.6 Å². The van der Waals surface area contributed by atoms with Gasteiger partial charge in [0.1, 0.15) is 0 Å². The summed E-state index contributed by atoms with van der Waals surface area (Å²) in [7, 11) is 0. The topological polar surface area (TPSA) is 102 Å². The van der Waals surface area contributed by atoms with Gasteiger partial charge in [-0.1, -0.05) is 18.2 Å². The number of aryl methyl sites for hydroxylation is 1. The van der Waals surface area contributed by atoms with Crippen molar-refractivity contribution < 1.29 is 9.59 Å². The van der Waals surface area contributed by atoms with Crippen molar-refractivity contribution in [2.24, 2.45) is 0 Å². The number of carbonyl (C=O) groups excluding carboxylic acids is 2. The number of benzene rings is 1. The monoisotopic (exact) mass is 454 g/mol. The lowest BCUT2D eigenvalue weighted by atomic mass is 10.1. The Morgan fingerprint density at radius 1 is 1.06 bits per heavy atom. The molecule has 8 heteroatoms. The number of aromatic nitrogens is 4. The van der Waals surface area contributed by atoms with Gasteiger partial charge in [-0.15, -0.1) is 0 Å². The maximum atomic E-state index is 13.4. The fourth-order valence-corrected chi connectivity index (χ4v) is 4.08. The molecular weight excluding hydrogens is 428 g/mol. The standard InChI is InChI=1S/C26H26N6O2/c1-3-27-25(33)19-8-6-7-17(13-19)15-29-26(34)20-14-21(18-10-11-18)30-24-23(20)16(2)31-32(24)22-9-4-5-12-28-22/h4-9,12-14,18H,3,10-11,15H2,1-2H3,(H,27,33)(H,29,34). The molecule has 3 heterocycles. The van der Waals surface area contributed by atoms with Crippen LogP contribution in [-0.4, -0.2) is 38.1 Å². The number of nitrogens with one attached hydrogen (secondary N) is 2. The largest absolute Gasteiger partial charge is 0.352 e. The summed E-state index contributed by atoms with van der Waals surface area (Å²) in [4.78, 5) is 34.8. The lowest BCUT2D eigenvalue weighted by Gasteiger charge is -2.10. The van der Waals surface area contributed by atoms with Gasteiger partial charge in [-0.2, -0.15) is 9.78 Å². The third kappa shape index (κ3) is 4.26. The Hall–Kier alpha value is -4.07. The minimum absolute atomic E-state index is 0.127. The van der Waals surface area contributed by atoms with Gasteiger partial charge in [0.15, 0.2) is 11.5 Å². The lowest BCUT2D eigenvalue weighted by Crippen LogP contribution is -2.25. The number of nitrogens with zero attached hydrogens (tertiary/aromatic N) is 4. The molecule has 172 valence electrons. The molecule has 5 rings (SSSR count). The molecule has 0 aliphatic heterocycles. The lowest BCUT2D eigenvalue weighted by molar-refractivity contribution is 0.0948. The van der Waals surface area contributed by atoms with Crippen LogP contribution in [0.25, 0.3) is 16.9 Å². The van der Waals surface area contributed by atoms with Crippen LogP contribution in [0, 0.1) is 6.92 Å². The molecule has 1 fully saturated rings. The highest BCUT2D eigenvalue weighted by Crippen LogP contribution is 2.40. The molecule has 0 atom stereocenters. The number of pyridine rings is 2. The summed E-state index contributed by atoms with van der Waals surface area (Å²) >= 11 is 0. The van der Waals surface area contributed by atoms with Crippen LogP contribution < -0.4 is 10.6 Å². The smallest absolute Gasteiger partial charge is 0.252 e. The van der Waals surface area contributed by atoms with Crippen molar-refractivity contribution in [1.29, 1.82) is 0 Å². The molecule has 4 aromatic rings. The molecule has 3 aromatic heterocycles. The Morgan fingerprint density at radius 3 is 2.65 bits per heavy atom. The summed E-state index contributed by atoms with van der Waals surface area (Å²) in [6.07, 6.45) is 3.86. The maximum Gasteiger partial charge on any atom is 0.252 e. The van der Waals surface area contributed by atoms with Crippen LogP contribution in [0.4, 0.5) is 0 Å². The number of fused-ring (bicyclic) bond motifs is 1. The van der Waals surface area contributed by atoms with Gasteiger partial charge in [0, 0.05) is 36.5 Å². The first-order valence-corrected chi connectivity index (χ1v) is 11.5. The maximum absolute atomic E-state index is 13.4. The van der Waals surface area contributed by atoms with Gasteiger partial charge in [-0.3, -0.25) is 9.59 Å². The van der Waals surface area contributed by atoms with Crippen molar-refractivity contribution in [3.63, 3.8) is 0 Å². The molecule has 1 aliphatic rings. The van der Waals surface area contributed by atoms with E-state index >= 15 is 0 Å². The fourth-order valence-electron chi connectivity index (χ4n) is 4.08. The van der Waals surface area contributed by atoms with Gasteiger partial charge in [-0.25, -0.2) is 9.97 Å². The van der Waals surface area contributed by atoms with Crippen LogP contribution in [-0.2, 0) is 6.54 Å². The van der Waals surface area contributed by atoms with Gasteiger partial charge >= 0.3 is 0 Å². The Labute approximate surface area is 197 Å². The van der Waals surface area contributed by atoms with Crippen molar-refractivity contribution in [2.45, 2.75) is 39.2 Å². The summed E-state index contributed by atoms with van der Waals surface area (Å²) < 4.78 is 1.71. The third-order valence-corrected chi connectivity index (χ3v) is 5.92. The summed E-state index contributed by atoms with van der Waals surface area (Å²) in [6, 6.07) is 14.8. The fraction of sp³-hybridized carbons (Fsp3) is 0.269. The molecule has 0 bridgehead atoms. The van der Waals surface area contributed by atoms with E-state index < -0.39 is 0 Å². The van der Waals surface area contributed by atoms with E-state index in [1.807, 2.05) is 50.2 Å². The first-order valence-electron chi connectivity index (χ1n) is 11.5. The molecule has 0 unspecified atom stereocenters. The zero-order chi connectivity index (χ0) is 23.7. The van der Waals surface area contributed by atoms with E-state index in [1.165, 1.54) is 0 Å². The molecule has 1 saturated carbocycles. The summed E-state index contributed by atoms with van der Waals surface area (Å²) in [5.74, 6) is 0.714. The highest BCUT2D eigenvalue weighted by atomic mass is 16.2. The minimum atomic E-state index is -0.193. The average Bonchev–Trinajstić information content (AvgIpc) is 3.66. The van der Waals surface area contributed by atoms with E-state index in [9.17, 15) is 9.59 Å². The van der Waals surface area contributed by atoms with Gasteiger partial charge in [0.05, 0.1) is 16.6 Å². The zero-order valence-electron chi connectivity index (χ0n) is 19.2. The average molecular weight is 455 g/mol. The Morgan fingerprint density at radius 2 is 1.91 bits per heavy atom. The van der Waals surface area contributed by atoms with Crippen LogP contribution in [0.15, 0.2) is 54.7 Å². The summed E-state index contributed by atoms with van der Waals surface area (Å²) in [6.45, 7) is 4.63. The molecule has 2 N–H and O–H groups in total. The first kappa shape index (κ1) is 21.8. The van der Waals surface area contributed by atoms with E-state index in [2.05, 4.69) is 20.7 Å².